The van der Waals surface area contributed by atoms with E-state index in [-0.39, 0.29) is 11.5 Å². The predicted molar refractivity (Wildman–Crippen MR) is 122 cm³/mol. The van der Waals surface area contributed by atoms with Crippen molar-refractivity contribution in [1.82, 2.24) is 19.2 Å². The van der Waals surface area contributed by atoms with E-state index in [9.17, 15) is 9.59 Å². The van der Waals surface area contributed by atoms with E-state index >= 15 is 0 Å². The molecule has 2 aromatic heterocycles. The third kappa shape index (κ3) is 4.02. The van der Waals surface area contributed by atoms with Gasteiger partial charge in [0.1, 0.15) is 0 Å². The largest absolute Gasteiger partial charge is 0.336 e. The van der Waals surface area contributed by atoms with Gasteiger partial charge in [-0.2, -0.15) is 0 Å². The fourth-order valence-corrected chi connectivity index (χ4v) is 4.88. The molecule has 1 amide bonds. The average Bonchev–Trinajstić information content (AvgIpc) is 3.25. The maximum absolute atomic E-state index is 12.9. The minimum atomic E-state index is -0.0574. The van der Waals surface area contributed by atoms with Crippen LogP contribution in [0.5, 0.6) is 0 Å². The number of hydrogen-bond donors (Lipinski definition) is 0. The number of benzene rings is 2. The number of nitrogens with zero attached hydrogens (tertiary/aromatic N) is 4. The molecule has 4 aromatic rings. The number of piperazine rings is 1. The van der Waals surface area contributed by atoms with E-state index < -0.39 is 0 Å². The van der Waals surface area contributed by atoms with Gasteiger partial charge in [0.25, 0.3) is 11.5 Å². The molecule has 0 unspecified atom stereocenters. The van der Waals surface area contributed by atoms with Crippen molar-refractivity contribution in [3.05, 3.63) is 93.7 Å². The fraction of sp³-hybridized carbons (Fsp3) is 0.208. The number of rotatable bonds is 4. The van der Waals surface area contributed by atoms with Crippen LogP contribution in [0.4, 0.5) is 0 Å². The molecule has 1 aliphatic rings. The third-order valence-electron chi connectivity index (χ3n) is 5.59. The summed E-state index contributed by atoms with van der Waals surface area (Å²) in [5.41, 5.74) is 3.32. The minimum Gasteiger partial charge on any atom is -0.336 e. The molecule has 0 atom stereocenters. The summed E-state index contributed by atoms with van der Waals surface area (Å²) in [5.74, 6) is 0.0741. The monoisotopic (exact) mass is 430 g/mol. The van der Waals surface area contributed by atoms with Gasteiger partial charge in [0.15, 0.2) is 4.96 Å². The highest BCUT2D eigenvalue weighted by Crippen LogP contribution is 2.24. The first-order chi connectivity index (χ1) is 15.2. The maximum atomic E-state index is 12.9. The number of amides is 1. The van der Waals surface area contributed by atoms with Crippen LogP contribution < -0.4 is 5.56 Å². The predicted octanol–water partition coefficient (Wildman–Crippen LogP) is 3.38. The molecule has 7 heteroatoms. The number of fused-ring (bicyclic) bond motifs is 1. The zero-order valence-electron chi connectivity index (χ0n) is 17.0. The summed E-state index contributed by atoms with van der Waals surface area (Å²) in [5, 5.41) is 1.98. The van der Waals surface area contributed by atoms with Crippen LogP contribution in [0.15, 0.2) is 76.9 Å². The second-order valence-electron chi connectivity index (χ2n) is 7.63. The lowest BCUT2D eigenvalue weighted by atomic mass is 10.2. The van der Waals surface area contributed by atoms with E-state index in [2.05, 4.69) is 4.90 Å². The summed E-state index contributed by atoms with van der Waals surface area (Å²) in [7, 11) is 0. The second kappa shape index (κ2) is 8.45. The Morgan fingerprint density at radius 2 is 1.61 bits per heavy atom. The average molecular weight is 431 g/mol. The van der Waals surface area contributed by atoms with Crippen molar-refractivity contribution < 1.29 is 4.79 Å². The van der Waals surface area contributed by atoms with Gasteiger partial charge in [-0.1, -0.05) is 48.5 Å². The van der Waals surface area contributed by atoms with Gasteiger partial charge in [-0.05, 0) is 17.7 Å². The molecule has 0 radical (unpaired) electrons. The van der Waals surface area contributed by atoms with Crippen molar-refractivity contribution in [3.63, 3.8) is 0 Å². The van der Waals surface area contributed by atoms with Gasteiger partial charge in [-0.15, -0.1) is 11.3 Å². The second-order valence-corrected chi connectivity index (χ2v) is 8.46. The normalized spacial score (nSPS) is 14.8. The molecule has 0 saturated carbocycles. The summed E-state index contributed by atoms with van der Waals surface area (Å²) in [6.45, 7) is 3.48. The van der Waals surface area contributed by atoms with Crippen LogP contribution in [-0.2, 0) is 6.54 Å². The highest BCUT2D eigenvalue weighted by atomic mass is 32.1. The van der Waals surface area contributed by atoms with Crippen molar-refractivity contribution in [2.75, 3.05) is 26.2 Å². The zero-order valence-corrected chi connectivity index (χ0v) is 17.8. The topological polar surface area (TPSA) is 57.9 Å². The van der Waals surface area contributed by atoms with Gasteiger partial charge in [-0.25, -0.2) is 4.98 Å². The van der Waals surface area contributed by atoms with Gasteiger partial charge >= 0.3 is 0 Å². The van der Waals surface area contributed by atoms with E-state index in [1.807, 2.05) is 70.9 Å². The van der Waals surface area contributed by atoms with E-state index in [0.29, 0.717) is 24.6 Å². The Balaban J connectivity index is 1.29. The molecular formula is C24H22N4O2S. The Morgan fingerprint density at radius 3 is 2.32 bits per heavy atom. The lowest BCUT2D eigenvalue weighted by Crippen LogP contribution is -2.48. The highest BCUT2D eigenvalue weighted by Gasteiger charge is 2.22. The molecule has 0 spiro atoms. The molecule has 0 aliphatic carbocycles. The van der Waals surface area contributed by atoms with Crippen LogP contribution in [0, 0.1) is 0 Å². The van der Waals surface area contributed by atoms with Crippen LogP contribution in [-0.4, -0.2) is 51.3 Å². The number of aromatic nitrogens is 2. The Morgan fingerprint density at radius 1 is 0.935 bits per heavy atom. The molecule has 3 heterocycles. The first-order valence-corrected chi connectivity index (χ1v) is 11.2. The van der Waals surface area contributed by atoms with E-state index in [1.165, 1.54) is 11.3 Å². The number of thiazole rings is 1. The van der Waals surface area contributed by atoms with Crippen molar-refractivity contribution in [2.45, 2.75) is 6.54 Å². The molecule has 156 valence electrons. The molecule has 5 rings (SSSR count). The van der Waals surface area contributed by atoms with Gasteiger partial charge in [0, 0.05) is 49.7 Å². The van der Waals surface area contributed by atoms with Crippen LogP contribution >= 0.6 is 11.3 Å². The first-order valence-electron chi connectivity index (χ1n) is 10.3. The molecular weight excluding hydrogens is 408 g/mol. The summed E-state index contributed by atoms with van der Waals surface area (Å²) in [6.07, 6.45) is 0. The molecule has 2 aromatic carbocycles. The first kappa shape index (κ1) is 19.7. The minimum absolute atomic E-state index is 0.0574. The zero-order chi connectivity index (χ0) is 21.2. The highest BCUT2D eigenvalue weighted by molar-refractivity contribution is 7.15. The summed E-state index contributed by atoms with van der Waals surface area (Å²) in [4.78, 5) is 35.1. The molecule has 31 heavy (non-hydrogen) atoms. The molecule has 1 aliphatic heterocycles. The molecule has 6 nitrogen and oxygen atoms in total. The number of hydrogen-bond acceptors (Lipinski definition) is 5. The Bertz CT molecular complexity index is 1260. The van der Waals surface area contributed by atoms with E-state index in [1.54, 1.807) is 10.5 Å². The third-order valence-corrected chi connectivity index (χ3v) is 6.42. The van der Waals surface area contributed by atoms with Crippen molar-refractivity contribution in [1.29, 1.82) is 0 Å². The summed E-state index contributed by atoms with van der Waals surface area (Å²) < 4.78 is 1.68. The van der Waals surface area contributed by atoms with E-state index in [4.69, 9.17) is 4.98 Å². The molecule has 1 saturated heterocycles. The molecule has 1 fully saturated rings. The lowest BCUT2D eigenvalue weighted by molar-refractivity contribution is 0.0627. The quantitative estimate of drug-likeness (QED) is 0.498. The van der Waals surface area contributed by atoms with Crippen molar-refractivity contribution >= 4 is 22.2 Å². The maximum Gasteiger partial charge on any atom is 0.259 e. The van der Waals surface area contributed by atoms with Gasteiger partial charge in [0.05, 0.1) is 11.4 Å². The SMILES string of the molecule is O=C(c1ccccc1)N1CCN(Cc2cc(=O)n3c(-c4ccccc4)csc3n2)CC1. The smallest absolute Gasteiger partial charge is 0.259 e. The number of carbonyl (C=O) groups excluding carboxylic acids is 1. The van der Waals surface area contributed by atoms with Crippen molar-refractivity contribution in [3.8, 4) is 11.3 Å². The number of carbonyl (C=O) groups is 1. The Hall–Kier alpha value is -3.29. The molecule has 0 bridgehead atoms. The van der Waals surface area contributed by atoms with E-state index in [0.717, 1.165) is 35.6 Å². The molecule has 0 N–H and O–H groups in total. The standard InChI is InChI=1S/C24H22N4O2S/c29-22-15-20(25-24-28(22)21(17-31-24)18-7-3-1-4-8-18)16-26-11-13-27(14-12-26)23(30)19-9-5-2-6-10-19/h1-10,15,17H,11-14,16H2. The summed E-state index contributed by atoms with van der Waals surface area (Å²) in [6, 6.07) is 20.9. The van der Waals surface area contributed by atoms with Crippen LogP contribution in [0.25, 0.3) is 16.2 Å². The Labute approximate surface area is 184 Å². The van der Waals surface area contributed by atoms with Gasteiger partial charge in [-0.3, -0.25) is 18.9 Å². The van der Waals surface area contributed by atoms with Crippen molar-refractivity contribution in [2.24, 2.45) is 0 Å². The fourth-order valence-electron chi connectivity index (χ4n) is 3.96. The van der Waals surface area contributed by atoms with Crippen LogP contribution in [0.2, 0.25) is 0 Å². The van der Waals surface area contributed by atoms with Gasteiger partial charge < -0.3 is 4.90 Å². The lowest BCUT2D eigenvalue weighted by Gasteiger charge is -2.34. The summed E-state index contributed by atoms with van der Waals surface area (Å²) >= 11 is 1.48. The van der Waals surface area contributed by atoms with Gasteiger partial charge in [0.2, 0.25) is 0 Å². The van der Waals surface area contributed by atoms with Crippen LogP contribution in [0.3, 0.4) is 0 Å². The van der Waals surface area contributed by atoms with Crippen LogP contribution in [0.1, 0.15) is 16.1 Å². The Kier molecular flexibility index (Phi) is 5.36.